The minimum atomic E-state index is 0.876. The highest BCUT2D eigenvalue weighted by Gasteiger charge is 2.01. The van der Waals surface area contributed by atoms with Crippen LogP contribution in [0.3, 0.4) is 0 Å². The molecule has 0 aliphatic rings. The summed E-state index contributed by atoms with van der Waals surface area (Å²) in [6.07, 6.45) is 5.53. The van der Waals surface area contributed by atoms with Crippen molar-refractivity contribution >= 4 is 0 Å². The molecule has 1 nitrogen and oxygen atoms in total. The highest BCUT2D eigenvalue weighted by atomic mass is 14.8. The van der Waals surface area contributed by atoms with Gasteiger partial charge in [-0.15, -0.1) is 0 Å². The molecule has 0 rings (SSSR count). The van der Waals surface area contributed by atoms with Gasteiger partial charge in [-0.2, -0.15) is 0 Å². The van der Waals surface area contributed by atoms with E-state index in [0.717, 1.165) is 11.8 Å². The van der Waals surface area contributed by atoms with Crippen molar-refractivity contribution < 1.29 is 0 Å². The third-order valence-electron chi connectivity index (χ3n) is 2.37. The van der Waals surface area contributed by atoms with Gasteiger partial charge in [0, 0.05) is 0 Å². The smallest absolute Gasteiger partial charge is 0.00494 e. The molecule has 0 heterocycles. The summed E-state index contributed by atoms with van der Waals surface area (Å²) in [6, 6.07) is 0. The Bertz CT molecular complexity index is 89.0. The van der Waals surface area contributed by atoms with Gasteiger partial charge in [0.05, 0.1) is 0 Å². The molecule has 12 heavy (non-hydrogen) atoms. The monoisotopic (exact) mass is 171 g/mol. The van der Waals surface area contributed by atoms with Crippen LogP contribution in [0.2, 0.25) is 0 Å². The SMILES string of the molecule is CNCCC(C)CCCC(C)C. The van der Waals surface area contributed by atoms with E-state index >= 15 is 0 Å². The zero-order valence-electron chi connectivity index (χ0n) is 9.19. The number of nitrogens with one attached hydrogen (secondary N) is 1. The molecule has 0 saturated heterocycles. The van der Waals surface area contributed by atoms with Crippen LogP contribution in [0.4, 0.5) is 0 Å². The van der Waals surface area contributed by atoms with Crippen LogP contribution in [0, 0.1) is 11.8 Å². The van der Waals surface area contributed by atoms with Gasteiger partial charge in [0.1, 0.15) is 0 Å². The minimum absolute atomic E-state index is 0.876. The Hall–Kier alpha value is -0.0400. The van der Waals surface area contributed by atoms with Crippen molar-refractivity contribution in [1.82, 2.24) is 5.32 Å². The van der Waals surface area contributed by atoms with Crippen molar-refractivity contribution in [2.45, 2.75) is 46.5 Å². The maximum Gasteiger partial charge on any atom is -0.00494 e. The molecule has 0 bridgehead atoms. The topological polar surface area (TPSA) is 12.0 Å². The van der Waals surface area contributed by atoms with E-state index < -0.39 is 0 Å². The van der Waals surface area contributed by atoms with Crippen LogP contribution in [-0.4, -0.2) is 13.6 Å². The Labute approximate surface area is 77.9 Å². The van der Waals surface area contributed by atoms with Crippen LogP contribution in [0.25, 0.3) is 0 Å². The first-order valence-corrected chi connectivity index (χ1v) is 5.31. The molecule has 1 atom stereocenters. The Morgan fingerprint density at radius 2 is 1.67 bits per heavy atom. The van der Waals surface area contributed by atoms with Gasteiger partial charge in [0.15, 0.2) is 0 Å². The summed E-state index contributed by atoms with van der Waals surface area (Å²) in [5, 5.41) is 3.20. The lowest BCUT2D eigenvalue weighted by Gasteiger charge is -2.11. The van der Waals surface area contributed by atoms with E-state index in [2.05, 4.69) is 26.1 Å². The summed E-state index contributed by atoms with van der Waals surface area (Å²) in [6.45, 7) is 8.14. The third-order valence-corrected chi connectivity index (χ3v) is 2.37. The lowest BCUT2D eigenvalue weighted by molar-refractivity contribution is 0.432. The van der Waals surface area contributed by atoms with Crippen molar-refractivity contribution in [2.24, 2.45) is 11.8 Å². The lowest BCUT2D eigenvalue weighted by Crippen LogP contribution is -2.11. The van der Waals surface area contributed by atoms with E-state index in [1.807, 2.05) is 7.05 Å². The molecule has 0 saturated carbocycles. The Morgan fingerprint density at radius 1 is 1.00 bits per heavy atom. The van der Waals surface area contributed by atoms with E-state index in [0.29, 0.717) is 0 Å². The molecule has 0 spiro atoms. The number of rotatable bonds is 7. The molecule has 0 amide bonds. The second-order valence-electron chi connectivity index (χ2n) is 4.32. The predicted octanol–water partition coefficient (Wildman–Crippen LogP) is 3.06. The second-order valence-corrected chi connectivity index (χ2v) is 4.32. The fraction of sp³-hybridized carbons (Fsp3) is 1.00. The average molecular weight is 171 g/mol. The molecule has 1 unspecified atom stereocenters. The first-order chi connectivity index (χ1) is 5.66. The van der Waals surface area contributed by atoms with E-state index in [4.69, 9.17) is 0 Å². The Kier molecular flexibility index (Phi) is 7.58. The summed E-state index contributed by atoms with van der Waals surface area (Å²) in [5.41, 5.74) is 0. The van der Waals surface area contributed by atoms with Crippen molar-refractivity contribution in [1.29, 1.82) is 0 Å². The van der Waals surface area contributed by atoms with Gasteiger partial charge in [-0.25, -0.2) is 0 Å². The summed E-state index contributed by atoms with van der Waals surface area (Å²) < 4.78 is 0. The fourth-order valence-corrected chi connectivity index (χ4v) is 1.41. The maximum atomic E-state index is 3.20. The first kappa shape index (κ1) is 12.0. The molecule has 1 heteroatoms. The van der Waals surface area contributed by atoms with E-state index in [-0.39, 0.29) is 0 Å². The Morgan fingerprint density at radius 3 is 2.17 bits per heavy atom. The van der Waals surface area contributed by atoms with Crippen LogP contribution < -0.4 is 5.32 Å². The van der Waals surface area contributed by atoms with Crippen LogP contribution in [0.5, 0.6) is 0 Å². The molecule has 0 aromatic rings. The average Bonchev–Trinajstić information content (AvgIpc) is 2.00. The molecule has 0 radical (unpaired) electrons. The quantitative estimate of drug-likeness (QED) is 0.621. The summed E-state index contributed by atoms with van der Waals surface area (Å²) in [7, 11) is 2.03. The Balaban J connectivity index is 3.13. The minimum Gasteiger partial charge on any atom is -0.320 e. The lowest BCUT2D eigenvalue weighted by atomic mass is 9.97. The highest BCUT2D eigenvalue weighted by Crippen LogP contribution is 2.14. The van der Waals surface area contributed by atoms with Gasteiger partial charge in [-0.05, 0) is 31.8 Å². The number of hydrogen-bond acceptors (Lipinski definition) is 1. The zero-order valence-corrected chi connectivity index (χ0v) is 9.19. The van der Waals surface area contributed by atoms with Crippen molar-refractivity contribution in [2.75, 3.05) is 13.6 Å². The fourth-order valence-electron chi connectivity index (χ4n) is 1.41. The van der Waals surface area contributed by atoms with E-state index in [9.17, 15) is 0 Å². The molecular formula is C11H25N. The van der Waals surface area contributed by atoms with Crippen molar-refractivity contribution in [3.8, 4) is 0 Å². The summed E-state index contributed by atoms with van der Waals surface area (Å²) >= 11 is 0. The molecule has 0 aliphatic carbocycles. The largest absolute Gasteiger partial charge is 0.320 e. The van der Waals surface area contributed by atoms with Gasteiger partial charge in [-0.1, -0.05) is 40.0 Å². The van der Waals surface area contributed by atoms with Gasteiger partial charge >= 0.3 is 0 Å². The standard InChI is InChI=1S/C11H25N/c1-10(2)6-5-7-11(3)8-9-12-4/h10-12H,5-9H2,1-4H3. The van der Waals surface area contributed by atoms with Gasteiger partial charge in [0.25, 0.3) is 0 Å². The molecule has 0 aliphatic heterocycles. The summed E-state index contributed by atoms with van der Waals surface area (Å²) in [5.74, 6) is 1.78. The predicted molar refractivity (Wildman–Crippen MR) is 56.4 cm³/mol. The third kappa shape index (κ3) is 8.06. The van der Waals surface area contributed by atoms with Crippen molar-refractivity contribution in [3.63, 3.8) is 0 Å². The van der Waals surface area contributed by atoms with Crippen molar-refractivity contribution in [3.05, 3.63) is 0 Å². The second kappa shape index (κ2) is 7.60. The van der Waals surface area contributed by atoms with Crippen LogP contribution in [0.15, 0.2) is 0 Å². The van der Waals surface area contributed by atoms with E-state index in [1.54, 1.807) is 0 Å². The molecule has 0 fully saturated rings. The summed E-state index contributed by atoms with van der Waals surface area (Å²) in [4.78, 5) is 0. The molecule has 1 N–H and O–H groups in total. The molecular weight excluding hydrogens is 146 g/mol. The zero-order chi connectivity index (χ0) is 9.40. The molecule has 0 aromatic heterocycles. The van der Waals surface area contributed by atoms with Gasteiger partial charge in [-0.3, -0.25) is 0 Å². The van der Waals surface area contributed by atoms with Crippen LogP contribution in [-0.2, 0) is 0 Å². The highest BCUT2D eigenvalue weighted by molar-refractivity contribution is 4.56. The van der Waals surface area contributed by atoms with Gasteiger partial charge < -0.3 is 5.32 Å². The maximum absolute atomic E-state index is 3.20. The van der Waals surface area contributed by atoms with Gasteiger partial charge in [0.2, 0.25) is 0 Å². The number of hydrogen-bond donors (Lipinski definition) is 1. The van der Waals surface area contributed by atoms with Crippen LogP contribution >= 0.6 is 0 Å². The normalized spacial score (nSPS) is 13.8. The molecule has 74 valence electrons. The first-order valence-electron chi connectivity index (χ1n) is 5.31. The van der Waals surface area contributed by atoms with Crippen LogP contribution in [0.1, 0.15) is 46.5 Å². The van der Waals surface area contributed by atoms with E-state index in [1.165, 1.54) is 32.2 Å². The molecule has 0 aromatic carbocycles.